The summed E-state index contributed by atoms with van der Waals surface area (Å²) in [5.74, 6) is 0. The van der Waals surface area contributed by atoms with Gasteiger partial charge in [-0.1, -0.05) is 12.1 Å². The van der Waals surface area contributed by atoms with Gasteiger partial charge < -0.3 is 21.1 Å². The van der Waals surface area contributed by atoms with E-state index in [0.717, 1.165) is 11.3 Å². The molecule has 1 aromatic rings. The molecule has 1 atom stereocenters. The molecule has 5 nitrogen and oxygen atoms in total. The number of urea groups is 1. The number of carbonyl (C=O) groups is 1. The molecule has 1 unspecified atom stereocenters. The van der Waals surface area contributed by atoms with Gasteiger partial charge in [0.15, 0.2) is 0 Å². The average molecular weight is 251 g/mol. The van der Waals surface area contributed by atoms with Gasteiger partial charge in [-0.3, -0.25) is 0 Å². The summed E-state index contributed by atoms with van der Waals surface area (Å²) in [6, 6.07) is 7.38. The number of aryl methyl sites for hydroxylation is 1. The van der Waals surface area contributed by atoms with Crippen molar-refractivity contribution in [1.29, 1.82) is 0 Å². The van der Waals surface area contributed by atoms with Gasteiger partial charge in [-0.15, -0.1) is 0 Å². The lowest BCUT2D eigenvalue weighted by atomic mass is 10.2. The fraction of sp³-hybridized carbons (Fsp3) is 0.462. The number of benzene rings is 1. The molecule has 0 aliphatic heterocycles. The molecule has 0 spiro atoms. The number of ether oxygens (including phenoxy) is 1. The maximum Gasteiger partial charge on any atom is 0.319 e. The quantitative estimate of drug-likeness (QED) is 0.716. The Kier molecular flexibility index (Phi) is 6.18. The van der Waals surface area contributed by atoms with Crippen molar-refractivity contribution >= 4 is 11.7 Å². The van der Waals surface area contributed by atoms with E-state index >= 15 is 0 Å². The van der Waals surface area contributed by atoms with Crippen molar-refractivity contribution in [2.45, 2.75) is 19.4 Å². The summed E-state index contributed by atoms with van der Waals surface area (Å²) >= 11 is 0. The van der Waals surface area contributed by atoms with E-state index in [2.05, 4.69) is 10.6 Å². The van der Waals surface area contributed by atoms with E-state index in [9.17, 15) is 4.79 Å². The number of hydrogen-bond donors (Lipinski definition) is 3. The first-order valence-electron chi connectivity index (χ1n) is 5.98. The lowest BCUT2D eigenvalue weighted by molar-refractivity contribution is 0.177. The van der Waals surface area contributed by atoms with Crippen molar-refractivity contribution in [3.8, 4) is 0 Å². The van der Waals surface area contributed by atoms with E-state index in [-0.39, 0.29) is 12.1 Å². The fourth-order valence-corrected chi connectivity index (χ4v) is 1.57. The van der Waals surface area contributed by atoms with Crippen LogP contribution in [0.2, 0.25) is 0 Å². The molecule has 100 valence electrons. The second-order valence-corrected chi connectivity index (χ2v) is 4.25. The molecule has 4 N–H and O–H groups in total. The van der Waals surface area contributed by atoms with Gasteiger partial charge in [-0.2, -0.15) is 0 Å². The van der Waals surface area contributed by atoms with Crippen molar-refractivity contribution in [3.63, 3.8) is 0 Å². The molecular formula is C13H21N3O2. The van der Waals surface area contributed by atoms with Gasteiger partial charge in [0.2, 0.25) is 0 Å². The van der Waals surface area contributed by atoms with Crippen LogP contribution in [0.4, 0.5) is 10.5 Å². The van der Waals surface area contributed by atoms with Crippen molar-refractivity contribution in [2.75, 3.05) is 25.6 Å². The Hall–Kier alpha value is -1.59. The van der Waals surface area contributed by atoms with Crippen LogP contribution in [0, 0.1) is 6.92 Å². The van der Waals surface area contributed by atoms with Crippen LogP contribution in [-0.2, 0) is 4.74 Å². The molecule has 0 aromatic heterocycles. The summed E-state index contributed by atoms with van der Waals surface area (Å²) in [5.41, 5.74) is 7.64. The second kappa shape index (κ2) is 7.68. The van der Waals surface area contributed by atoms with E-state index < -0.39 is 0 Å². The molecular weight excluding hydrogens is 230 g/mol. The minimum atomic E-state index is -0.217. The monoisotopic (exact) mass is 251 g/mol. The summed E-state index contributed by atoms with van der Waals surface area (Å²) in [6.45, 7) is 3.01. The Bertz CT molecular complexity index is 382. The topological polar surface area (TPSA) is 76.4 Å². The van der Waals surface area contributed by atoms with Gasteiger partial charge in [0.25, 0.3) is 0 Å². The molecule has 0 saturated carbocycles. The van der Waals surface area contributed by atoms with Gasteiger partial charge in [0.05, 0.1) is 6.61 Å². The largest absolute Gasteiger partial charge is 0.383 e. The number of anilines is 1. The third-order valence-electron chi connectivity index (χ3n) is 2.46. The summed E-state index contributed by atoms with van der Waals surface area (Å²) in [4.78, 5) is 11.6. The molecule has 0 heterocycles. The Morgan fingerprint density at radius 3 is 2.94 bits per heavy atom. The number of rotatable bonds is 6. The van der Waals surface area contributed by atoms with Crippen LogP contribution >= 0.6 is 0 Å². The minimum absolute atomic E-state index is 0.0470. The van der Waals surface area contributed by atoms with Crippen LogP contribution in [0.3, 0.4) is 0 Å². The number of nitrogens with two attached hydrogens (primary N) is 1. The number of carbonyl (C=O) groups excluding carboxylic acids is 1. The smallest absolute Gasteiger partial charge is 0.319 e. The Labute approximate surface area is 108 Å². The second-order valence-electron chi connectivity index (χ2n) is 4.25. The van der Waals surface area contributed by atoms with Crippen LogP contribution in [0.1, 0.15) is 12.0 Å². The summed E-state index contributed by atoms with van der Waals surface area (Å²) in [7, 11) is 1.61. The number of amides is 2. The van der Waals surface area contributed by atoms with E-state index in [0.29, 0.717) is 19.6 Å². The van der Waals surface area contributed by atoms with Gasteiger partial charge in [0, 0.05) is 25.4 Å². The van der Waals surface area contributed by atoms with E-state index in [1.807, 2.05) is 31.2 Å². The molecule has 0 saturated heterocycles. The third-order valence-corrected chi connectivity index (χ3v) is 2.46. The van der Waals surface area contributed by atoms with Crippen LogP contribution in [-0.4, -0.2) is 32.3 Å². The molecule has 1 aromatic carbocycles. The van der Waals surface area contributed by atoms with E-state index in [1.165, 1.54) is 0 Å². The highest BCUT2D eigenvalue weighted by Gasteiger charge is 2.04. The molecule has 2 amide bonds. The lowest BCUT2D eigenvalue weighted by Gasteiger charge is -2.11. The average Bonchev–Trinajstić information content (AvgIpc) is 2.29. The Balaban J connectivity index is 2.25. The standard InChI is InChI=1S/C13H21N3O2/c1-10-4-3-5-12(8-10)16-13(17)15-7-6-11(14)9-18-2/h3-5,8,11H,6-7,9,14H2,1-2H3,(H2,15,16,17). The molecule has 0 bridgehead atoms. The highest BCUT2D eigenvalue weighted by atomic mass is 16.5. The normalized spacial score (nSPS) is 11.9. The molecule has 0 radical (unpaired) electrons. The predicted octanol–water partition coefficient (Wildman–Crippen LogP) is 1.48. The molecule has 0 fully saturated rings. The number of methoxy groups -OCH3 is 1. The van der Waals surface area contributed by atoms with Gasteiger partial charge in [0.1, 0.15) is 0 Å². The maximum atomic E-state index is 11.6. The summed E-state index contributed by atoms with van der Waals surface area (Å²) < 4.78 is 4.92. The molecule has 18 heavy (non-hydrogen) atoms. The van der Waals surface area contributed by atoms with E-state index in [4.69, 9.17) is 10.5 Å². The highest BCUT2D eigenvalue weighted by Crippen LogP contribution is 2.08. The first kappa shape index (κ1) is 14.5. The first-order valence-corrected chi connectivity index (χ1v) is 5.98. The first-order chi connectivity index (χ1) is 8.61. The zero-order chi connectivity index (χ0) is 13.4. The highest BCUT2D eigenvalue weighted by molar-refractivity contribution is 5.89. The molecule has 0 aliphatic carbocycles. The Morgan fingerprint density at radius 2 is 2.28 bits per heavy atom. The van der Waals surface area contributed by atoms with Gasteiger partial charge in [-0.25, -0.2) is 4.79 Å². The van der Waals surface area contributed by atoms with Gasteiger partial charge in [-0.05, 0) is 31.0 Å². The van der Waals surface area contributed by atoms with Crippen molar-refractivity contribution in [1.82, 2.24) is 5.32 Å². The molecule has 1 rings (SSSR count). The van der Waals surface area contributed by atoms with Crippen molar-refractivity contribution < 1.29 is 9.53 Å². The summed E-state index contributed by atoms with van der Waals surface area (Å²) in [5, 5.41) is 5.52. The Morgan fingerprint density at radius 1 is 1.50 bits per heavy atom. The number of nitrogens with one attached hydrogen (secondary N) is 2. The zero-order valence-corrected chi connectivity index (χ0v) is 10.9. The SMILES string of the molecule is COCC(N)CCNC(=O)Nc1cccc(C)c1. The van der Waals surface area contributed by atoms with Crippen molar-refractivity contribution in [2.24, 2.45) is 5.73 Å². The lowest BCUT2D eigenvalue weighted by Crippen LogP contribution is -2.35. The number of hydrogen-bond acceptors (Lipinski definition) is 3. The fourth-order valence-electron chi connectivity index (χ4n) is 1.57. The minimum Gasteiger partial charge on any atom is -0.383 e. The maximum absolute atomic E-state index is 11.6. The van der Waals surface area contributed by atoms with Crippen molar-refractivity contribution in [3.05, 3.63) is 29.8 Å². The summed E-state index contributed by atoms with van der Waals surface area (Å²) in [6.07, 6.45) is 0.690. The molecule has 5 heteroatoms. The van der Waals surface area contributed by atoms with Gasteiger partial charge >= 0.3 is 6.03 Å². The predicted molar refractivity (Wildman–Crippen MR) is 72.7 cm³/mol. The van der Waals surface area contributed by atoms with E-state index in [1.54, 1.807) is 7.11 Å². The zero-order valence-electron chi connectivity index (χ0n) is 10.9. The van der Waals surface area contributed by atoms with Crippen LogP contribution in [0.15, 0.2) is 24.3 Å². The van der Waals surface area contributed by atoms with Crippen LogP contribution in [0.5, 0.6) is 0 Å². The molecule has 0 aliphatic rings. The van der Waals surface area contributed by atoms with Crippen LogP contribution < -0.4 is 16.4 Å². The third kappa shape index (κ3) is 5.65. The van der Waals surface area contributed by atoms with Crippen LogP contribution in [0.25, 0.3) is 0 Å².